The van der Waals surface area contributed by atoms with E-state index in [4.69, 9.17) is 0 Å². The third-order valence-corrected chi connectivity index (χ3v) is 7.08. The molecule has 0 saturated heterocycles. The van der Waals surface area contributed by atoms with Crippen molar-refractivity contribution in [2.45, 2.75) is 19.1 Å². The number of carbonyl (C=O) groups is 1. The normalized spacial score (nSPS) is 11.8. The molecule has 0 atom stereocenters. The van der Waals surface area contributed by atoms with Crippen LogP contribution in [0.1, 0.15) is 24.3 Å². The summed E-state index contributed by atoms with van der Waals surface area (Å²) >= 11 is 1.15. The highest BCUT2D eigenvalue weighted by atomic mass is 32.2. The average molecular weight is 443 g/mol. The van der Waals surface area contributed by atoms with E-state index in [1.54, 1.807) is 36.7 Å². The molecule has 0 saturated carbocycles. The number of carboxylic acid groups (broad SMARTS) is 1. The van der Waals surface area contributed by atoms with E-state index in [1.165, 1.54) is 5.38 Å². The largest absolute Gasteiger partial charge is 0.476 e. The standard InChI is InChI=1S/C20H18N4O4S2/c1-12(2)30(27,28)23-14-8-9-15-17(10-14)24(20-21-16(11-29-20)19(25)26)22-18(15)13-6-4-3-5-7-13/h3-12,23H,1-2H3,(H,25,26). The number of aromatic carboxylic acids is 1. The van der Waals surface area contributed by atoms with E-state index < -0.39 is 21.2 Å². The molecule has 2 aromatic carbocycles. The molecule has 10 heteroatoms. The number of anilines is 1. The molecule has 4 rings (SSSR count). The van der Waals surface area contributed by atoms with Gasteiger partial charge in [-0.15, -0.1) is 11.3 Å². The van der Waals surface area contributed by atoms with Crippen molar-refractivity contribution in [2.24, 2.45) is 0 Å². The molecule has 0 spiro atoms. The Morgan fingerprint density at radius 3 is 2.53 bits per heavy atom. The summed E-state index contributed by atoms with van der Waals surface area (Å²) in [4.78, 5) is 15.4. The minimum absolute atomic E-state index is 0.0726. The van der Waals surface area contributed by atoms with Crippen molar-refractivity contribution < 1.29 is 18.3 Å². The van der Waals surface area contributed by atoms with Crippen LogP contribution >= 0.6 is 11.3 Å². The molecule has 0 aliphatic carbocycles. The summed E-state index contributed by atoms with van der Waals surface area (Å²) in [7, 11) is -3.52. The number of benzene rings is 2. The highest BCUT2D eigenvalue weighted by Gasteiger charge is 2.20. The van der Waals surface area contributed by atoms with Gasteiger partial charge < -0.3 is 5.11 Å². The molecule has 4 aromatic rings. The van der Waals surface area contributed by atoms with Crippen LogP contribution in [-0.4, -0.2) is 39.5 Å². The summed E-state index contributed by atoms with van der Waals surface area (Å²) in [5, 5.41) is 15.9. The van der Waals surface area contributed by atoms with Crippen molar-refractivity contribution >= 4 is 43.9 Å². The van der Waals surface area contributed by atoms with E-state index in [0.29, 0.717) is 22.0 Å². The maximum atomic E-state index is 12.3. The Hall–Kier alpha value is -3.24. The van der Waals surface area contributed by atoms with E-state index in [-0.39, 0.29) is 5.69 Å². The van der Waals surface area contributed by atoms with Crippen LogP contribution in [0, 0.1) is 0 Å². The number of nitrogens with zero attached hydrogens (tertiary/aromatic N) is 3. The van der Waals surface area contributed by atoms with Crippen LogP contribution in [0.25, 0.3) is 27.3 Å². The molecule has 0 amide bonds. The molecule has 2 aromatic heterocycles. The maximum Gasteiger partial charge on any atom is 0.355 e. The quantitative estimate of drug-likeness (QED) is 0.467. The monoisotopic (exact) mass is 442 g/mol. The van der Waals surface area contributed by atoms with Gasteiger partial charge in [-0.25, -0.2) is 22.9 Å². The van der Waals surface area contributed by atoms with Gasteiger partial charge in [0.15, 0.2) is 5.69 Å². The van der Waals surface area contributed by atoms with E-state index in [0.717, 1.165) is 22.3 Å². The Morgan fingerprint density at radius 2 is 1.90 bits per heavy atom. The number of carboxylic acids is 1. The summed E-state index contributed by atoms with van der Waals surface area (Å²) in [5.41, 5.74) is 2.51. The van der Waals surface area contributed by atoms with Crippen LogP contribution in [0.4, 0.5) is 5.69 Å². The first kappa shape index (κ1) is 20.0. The number of fused-ring (bicyclic) bond motifs is 1. The molecule has 8 nitrogen and oxygen atoms in total. The second-order valence-corrected chi connectivity index (χ2v) is 9.95. The van der Waals surface area contributed by atoms with Gasteiger partial charge in [-0.3, -0.25) is 4.72 Å². The number of rotatable bonds is 6. The lowest BCUT2D eigenvalue weighted by atomic mass is 10.1. The topological polar surface area (TPSA) is 114 Å². The molecule has 0 aliphatic heterocycles. The van der Waals surface area contributed by atoms with Gasteiger partial charge in [0.2, 0.25) is 15.2 Å². The fraction of sp³-hybridized carbons (Fsp3) is 0.150. The predicted octanol–water partition coefficient (Wildman–Crippen LogP) is 4.00. The minimum Gasteiger partial charge on any atom is -0.476 e. The van der Waals surface area contributed by atoms with Crippen molar-refractivity contribution in [3.05, 3.63) is 59.6 Å². The summed E-state index contributed by atoms with van der Waals surface area (Å²) in [6, 6.07) is 14.7. The van der Waals surface area contributed by atoms with Gasteiger partial charge >= 0.3 is 5.97 Å². The first-order valence-electron chi connectivity index (χ1n) is 9.05. The summed E-state index contributed by atoms with van der Waals surface area (Å²) < 4.78 is 28.7. The molecular formula is C20H18N4O4S2. The second-order valence-electron chi connectivity index (χ2n) is 6.87. The average Bonchev–Trinajstić information content (AvgIpc) is 3.33. The molecule has 0 bridgehead atoms. The minimum atomic E-state index is -3.52. The van der Waals surface area contributed by atoms with E-state index in [1.807, 2.05) is 30.3 Å². The van der Waals surface area contributed by atoms with Crippen LogP contribution in [-0.2, 0) is 10.0 Å². The molecule has 0 fully saturated rings. The first-order valence-corrected chi connectivity index (χ1v) is 11.5. The second kappa shape index (κ2) is 7.54. The zero-order chi connectivity index (χ0) is 21.5. The Labute approximate surface area is 176 Å². The number of hydrogen-bond acceptors (Lipinski definition) is 6. The van der Waals surface area contributed by atoms with Gasteiger partial charge in [0.05, 0.1) is 16.5 Å². The number of nitrogens with one attached hydrogen (secondary N) is 1. The van der Waals surface area contributed by atoms with Crippen LogP contribution in [0.2, 0.25) is 0 Å². The van der Waals surface area contributed by atoms with E-state index >= 15 is 0 Å². The van der Waals surface area contributed by atoms with Crippen LogP contribution in [0.15, 0.2) is 53.9 Å². The van der Waals surface area contributed by atoms with E-state index in [2.05, 4.69) is 14.8 Å². The van der Waals surface area contributed by atoms with Gasteiger partial charge in [-0.05, 0) is 32.0 Å². The van der Waals surface area contributed by atoms with Crippen molar-refractivity contribution in [3.63, 3.8) is 0 Å². The molecular weight excluding hydrogens is 424 g/mol. The van der Waals surface area contributed by atoms with Gasteiger partial charge in [-0.1, -0.05) is 30.3 Å². The molecule has 30 heavy (non-hydrogen) atoms. The van der Waals surface area contributed by atoms with Gasteiger partial charge in [0.25, 0.3) is 0 Å². The van der Waals surface area contributed by atoms with Crippen molar-refractivity contribution in [1.29, 1.82) is 0 Å². The number of thiazole rings is 1. The van der Waals surface area contributed by atoms with Gasteiger partial charge in [0.1, 0.15) is 5.69 Å². The fourth-order valence-electron chi connectivity index (χ4n) is 2.88. The molecule has 0 radical (unpaired) electrons. The summed E-state index contributed by atoms with van der Waals surface area (Å²) in [6.45, 7) is 3.20. The Kier molecular flexibility index (Phi) is 5.04. The molecule has 2 heterocycles. The first-order chi connectivity index (χ1) is 14.3. The Bertz CT molecular complexity index is 1340. The molecule has 0 unspecified atom stereocenters. The highest BCUT2D eigenvalue weighted by molar-refractivity contribution is 7.93. The number of aromatic nitrogens is 3. The van der Waals surface area contributed by atoms with Gasteiger partial charge in [-0.2, -0.15) is 5.10 Å². The smallest absolute Gasteiger partial charge is 0.355 e. The number of sulfonamides is 1. The zero-order valence-electron chi connectivity index (χ0n) is 16.1. The summed E-state index contributed by atoms with van der Waals surface area (Å²) in [6.07, 6.45) is 0. The predicted molar refractivity (Wildman–Crippen MR) is 117 cm³/mol. The number of hydrogen-bond donors (Lipinski definition) is 2. The van der Waals surface area contributed by atoms with Crippen molar-refractivity contribution in [3.8, 4) is 16.4 Å². The third kappa shape index (κ3) is 3.66. The highest BCUT2D eigenvalue weighted by Crippen LogP contribution is 2.32. The lowest BCUT2D eigenvalue weighted by Gasteiger charge is -2.11. The lowest BCUT2D eigenvalue weighted by molar-refractivity contribution is 0.0691. The van der Waals surface area contributed by atoms with Crippen LogP contribution in [0.5, 0.6) is 0 Å². The molecule has 154 valence electrons. The summed E-state index contributed by atoms with van der Waals surface area (Å²) in [5.74, 6) is -1.12. The Balaban J connectivity index is 1.91. The van der Waals surface area contributed by atoms with Crippen LogP contribution < -0.4 is 4.72 Å². The van der Waals surface area contributed by atoms with Crippen molar-refractivity contribution in [2.75, 3.05) is 4.72 Å². The van der Waals surface area contributed by atoms with Crippen molar-refractivity contribution in [1.82, 2.24) is 14.8 Å². The van der Waals surface area contributed by atoms with E-state index in [9.17, 15) is 18.3 Å². The SMILES string of the molecule is CC(C)S(=O)(=O)Nc1ccc2c(-c3ccccc3)nn(-c3nc(C(=O)O)cs3)c2c1. The fourth-order valence-corrected chi connectivity index (χ4v) is 4.33. The Morgan fingerprint density at radius 1 is 1.17 bits per heavy atom. The van der Waals surface area contributed by atoms with Gasteiger partial charge in [0, 0.05) is 16.3 Å². The van der Waals surface area contributed by atoms with Crippen LogP contribution in [0.3, 0.4) is 0 Å². The molecule has 2 N–H and O–H groups in total. The zero-order valence-corrected chi connectivity index (χ0v) is 17.7. The maximum absolute atomic E-state index is 12.3. The third-order valence-electron chi connectivity index (χ3n) is 4.50. The molecule has 0 aliphatic rings. The lowest BCUT2D eigenvalue weighted by Crippen LogP contribution is -2.22.